The number of carbonyl (C=O) groups is 3. The first-order chi connectivity index (χ1) is 23.4. The first-order valence-corrected chi connectivity index (χ1v) is 17.0. The average Bonchev–Trinajstić information content (AvgIpc) is 3.75. The van der Waals surface area contributed by atoms with Gasteiger partial charge in [0.2, 0.25) is 0 Å². The number of imide groups is 1. The lowest BCUT2D eigenvalue weighted by Gasteiger charge is -2.30. The molecule has 1 saturated carbocycles. The molecule has 3 aromatic carbocycles. The van der Waals surface area contributed by atoms with Gasteiger partial charge in [-0.05, 0) is 98.4 Å². The second-order valence-electron chi connectivity index (χ2n) is 12.0. The van der Waals surface area contributed by atoms with Crippen molar-refractivity contribution in [2.75, 3.05) is 24.7 Å². The summed E-state index contributed by atoms with van der Waals surface area (Å²) in [4.78, 5) is 42.3. The number of allylic oxidation sites excluding steroid dienone is 1. The van der Waals surface area contributed by atoms with Gasteiger partial charge in [0.05, 0.1) is 30.7 Å². The number of carbonyl (C=O) groups excluding carboxylic acids is 3. The molecule has 0 radical (unpaired) electrons. The highest BCUT2D eigenvalue weighted by molar-refractivity contribution is 9.10. The number of fused-ring (bicyclic) bond motifs is 2. The third kappa shape index (κ3) is 5.89. The molecule has 246 valence electrons. The van der Waals surface area contributed by atoms with Crippen LogP contribution >= 0.6 is 15.9 Å². The van der Waals surface area contributed by atoms with Crippen LogP contribution in [0.4, 0.5) is 5.69 Å². The highest BCUT2D eigenvalue weighted by Gasteiger charge is 2.55. The number of anilines is 1. The van der Waals surface area contributed by atoms with Crippen molar-refractivity contribution >= 4 is 51.1 Å². The molecule has 4 aliphatic rings. The van der Waals surface area contributed by atoms with Crippen LogP contribution in [0.25, 0.3) is 6.08 Å². The molecular weight excluding hydrogens is 676 g/mol. The summed E-state index contributed by atoms with van der Waals surface area (Å²) in [5, 5.41) is 16.1. The van der Waals surface area contributed by atoms with E-state index in [0.717, 1.165) is 62.5 Å². The number of benzene rings is 3. The predicted octanol–water partition coefficient (Wildman–Crippen LogP) is 6.36. The Bertz CT molecular complexity index is 1820. The first kappa shape index (κ1) is 31.7. The molecule has 0 bridgehead atoms. The Morgan fingerprint density at radius 2 is 1.65 bits per heavy atom. The van der Waals surface area contributed by atoms with Crippen LogP contribution in [0.3, 0.4) is 0 Å². The largest absolute Gasteiger partial charge is 0.494 e. The van der Waals surface area contributed by atoms with Gasteiger partial charge in [-0.3, -0.25) is 19.4 Å². The van der Waals surface area contributed by atoms with Gasteiger partial charge >= 0.3 is 0 Å². The van der Waals surface area contributed by atoms with E-state index in [1.165, 1.54) is 5.01 Å². The number of hydrogen-bond acceptors (Lipinski definition) is 9. The van der Waals surface area contributed by atoms with Crippen molar-refractivity contribution in [1.29, 1.82) is 0 Å². The minimum Gasteiger partial charge on any atom is -0.494 e. The van der Waals surface area contributed by atoms with Crippen molar-refractivity contribution in [2.45, 2.75) is 51.2 Å². The summed E-state index contributed by atoms with van der Waals surface area (Å²) in [5.74, 6) is 0.272. The number of ether oxygens (including phenoxy) is 2. The maximum atomic E-state index is 14.2. The number of hydrogen-bond donors (Lipinski definition) is 0. The average molecular weight is 712 g/mol. The number of amides is 3. The fraction of sp³-hybridized carbons (Fsp3) is 0.333. The summed E-state index contributed by atoms with van der Waals surface area (Å²) >= 11 is 3.41. The molecule has 1 saturated heterocycles. The molecule has 1 aliphatic carbocycles. The molecule has 0 N–H and O–H groups in total. The van der Waals surface area contributed by atoms with Crippen molar-refractivity contribution in [3.8, 4) is 11.5 Å². The van der Waals surface area contributed by atoms with Crippen LogP contribution in [0.1, 0.15) is 50.3 Å². The number of hydrazone groups is 1. The number of halogens is 1. The maximum Gasteiger partial charge on any atom is 0.264 e. The molecule has 0 spiro atoms. The normalized spacial score (nSPS) is 23.9. The van der Waals surface area contributed by atoms with Crippen molar-refractivity contribution in [3.05, 3.63) is 94.0 Å². The summed E-state index contributed by atoms with van der Waals surface area (Å²) in [5.41, 5.74) is 4.38. The minimum atomic E-state index is -1.01. The second-order valence-corrected chi connectivity index (χ2v) is 12.9. The zero-order valence-corrected chi connectivity index (χ0v) is 28.2. The van der Waals surface area contributed by atoms with E-state index in [9.17, 15) is 14.4 Å². The maximum absolute atomic E-state index is 14.2. The van der Waals surface area contributed by atoms with Gasteiger partial charge in [0, 0.05) is 10.4 Å². The van der Waals surface area contributed by atoms with Crippen LogP contribution in [-0.2, 0) is 14.4 Å². The zero-order valence-electron chi connectivity index (χ0n) is 26.7. The van der Waals surface area contributed by atoms with E-state index in [-0.39, 0.29) is 24.4 Å². The molecule has 3 amide bonds. The summed E-state index contributed by atoms with van der Waals surface area (Å²) < 4.78 is 12.0. The van der Waals surface area contributed by atoms with Gasteiger partial charge in [-0.15, -0.1) is 0 Å². The third-order valence-corrected chi connectivity index (χ3v) is 9.54. The fourth-order valence-corrected chi connectivity index (χ4v) is 7.32. The van der Waals surface area contributed by atoms with Crippen LogP contribution in [0.15, 0.2) is 98.3 Å². The van der Waals surface area contributed by atoms with Crippen LogP contribution in [0.5, 0.6) is 11.5 Å². The van der Waals surface area contributed by atoms with E-state index in [2.05, 4.69) is 32.3 Å². The minimum absolute atomic E-state index is 0.0238. The van der Waals surface area contributed by atoms with E-state index in [1.807, 2.05) is 68.4 Å². The highest BCUT2D eigenvalue weighted by Crippen LogP contribution is 2.45. The fourth-order valence-electron chi connectivity index (χ4n) is 6.93. The molecule has 12 heteroatoms. The summed E-state index contributed by atoms with van der Waals surface area (Å²) in [6.07, 6.45) is 4.80. The van der Waals surface area contributed by atoms with Crippen molar-refractivity contribution in [1.82, 2.24) is 10.0 Å². The molecule has 0 unspecified atom stereocenters. The topological polar surface area (TPSA) is 116 Å². The molecule has 3 aromatic rings. The highest BCUT2D eigenvalue weighted by atomic mass is 79.9. The molecule has 11 nitrogen and oxygen atoms in total. The Hall–Kier alpha value is -4.84. The lowest BCUT2D eigenvalue weighted by atomic mass is 9.77. The summed E-state index contributed by atoms with van der Waals surface area (Å²) in [6, 6.07) is 20.3. The van der Waals surface area contributed by atoms with Gasteiger partial charge in [0.25, 0.3) is 17.7 Å². The summed E-state index contributed by atoms with van der Waals surface area (Å²) in [7, 11) is 0. The second kappa shape index (κ2) is 13.3. The van der Waals surface area contributed by atoms with E-state index in [4.69, 9.17) is 14.6 Å². The molecule has 0 aromatic heterocycles. The van der Waals surface area contributed by atoms with Gasteiger partial charge in [-0.2, -0.15) is 10.2 Å². The summed E-state index contributed by atoms with van der Waals surface area (Å²) in [6.45, 7) is 4.79. The van der Waals surface area contributed by atoms with Crippen LogP contribution in [0, 0.1) is 5.92 Å². The zero-order chi connectivity index (χ0) is 33.4. The smallest absolute Gasteiger partial charge is 0.264 e. The monoisotopic (exact) mass is 710 g/mol. The van der Waals surface area contributed by atoms with E-state index >= 15 is 0 Å². The SMILES string of the molecule is CCOc1ccc(/C=C2\CCC[C@@H]3C2=NN(C(=O)CN2N=N[C@@H]4C(=O)N(c5cccc(Br)c5)C(=O)[C@@H]42)[C@H]3c2ccc(OCC)cc2)cc1. The van der Waals surface area contributed by atoms with Crippen LogP contribution in [-0.4, -0.2) is 65.3 Å². The van der Waals surface area contributed by atoms with Crippen molar-refractivity contribution in [3.63, 3.8) is 0 Å². The Kier molecular flexibility index (Phi) is 8.83. The van der Waals surface area contributed by atoms with E-state index in [1.54, 1.807) is 23.2 Å². The van der Waals surface area contributed by atoms with E-state index in [0.29, 0.717) is 18.9 Å². The molecule has 2 fully saturated rings. The Morgan fingerprint density at radius 3 is 2.33 bits per heavy atom. The molecule has 7 rings (SSSR count). The Labute approximate surface area is 287 Å². The number of rotatable bonds is 9. The van der Waals surface area contributed by atoms with Crippen LogP contribution in [0.2, 0.25) is 0 Å². The molecule has 3 aliphatic heterocycles. The molecule has 48 heavy (non-hydrogen) atoms. The number of nitrogens with zero attached hydrogens (tertiary/aromatic N) is 6. The molecular formula is C36H35BrN6O5. The Morgan fingerprint density at radius 1 is 0.938 bits per heavy atom. The standard InChI is InChI=1S/C36H35BrN6O5/c1-3-47-27-15-11-22(12-16-27)19-24-7-5-10-29-31(24)39-43(33(29)23-13-17-28(18-14-23)48-4-2)30(44)21-41-34-32(38-40-41)35(45)42(36(34)46)26-9-6-8-25(37)20-26/h6,8-9,11-20,29,32-34H,3-5,7,10,21H2,1-2H3/b24-19+/t29-,32+,33+,34-/m1/s1. The third-order valence-electron chi connectivity index (χ3n) is 9.04. The van der Waals surface area contributed by atoms with Gasteiger partial charge in [-0.1, -0.05) is 51.5 Å². The lowest BCUT2D eigenvalue weighted by Crippen LogP contribution is -2.45. The van der Waals surface area contributed by atoms with Gasteiger partial charge in [0.15, 0.2) is 12.1 Å². The molecule has 3 heterocycles. The molecule has 4 atom stereocenters. The first-order valence-electron chi connectivity index (χ1n) is 16.2. The van der Waals surface area contributed by atoms with Crippen molar-refractivity contribution in [2.24, 2.45) is 21.4 Å². The van der Waals surface area contributed by atoms with Gasteiger partial charge < -0.3 is 9.47 Å². The predicted molar refractivity (Wildman–Crippen MR) is 183 cm³/mol. The van der Waals surface area contributed by atoms with Gasteiger partial charge in [0.1, 0.15) is 18.0 Å². The van der Waals surface area contributed by atoms with Gasteiger partial charge in [-0.25, -0.2) is 9.91 Å². The quantitative estimate of drug-likeness (QED) is 0.239. The van der Waals surface area contributed by atoms with E-state index < -0.39 is 23.9 Å². The lowest BCUT2D eigenvalue weighted by molar-refractivity contribution is -0.136. The van der Waals surface area contributed by atoms with Crippen LogP contribution < -0.4 is 14.4 Å². The van der Waals surface area contributed by atoms with Crippen molar-refractivity contribution < 1.29 is 23.9 Å². The Balaban J connectivity index is 1.18.